The number of hydrogen-bond acceptors (Lipinski definition) is 15. The topological polar surface area (TPSA) is 354 Å². The summed E-state index contributed by atoms with van der Waals surface area (Å²) in [5.41, 5.74) is 18.6. The van der Waals surface area contributed by atoms with E-state index in [1.165, 1.54) is 49.1 Å². The lowest BCUT2D eigenvalue weighted by atomic mass is 9.77. The van der Waals surface area contributed by atoms with Crippen LogP contribution in [-0.4, -0.2) is 124 Å². The number of benzene rings is 5. The Bertz CT molecular complexity index is 3290. The molecular weight excluding hydrogens is 1110 g/mol. The molecule has 1 saturated heterocycles. The number of unbranched alkanes of at least 4 members (excludes halogenated alkanes) is 2. The Morgan fingerprint density at radius 3 is 1.89 bits per heavy atom. The van der Waals surface area contributed by atoms with E-state index in [0.717, 1.165) is 0 Å². The molecule has 3 aliphatic heterocycles. The van der Waals surface area contributed by atoms with Crippen molar-refractivity contribution in [1.29, 1.82) is 0 Å². The highest BCUT2D eigenvalue weighted by atomic mass is 16.6. The summed E-state index contributed by atoms with van der Waals surface area (Å²) in [5.74, 6) is -7.38. The third-order valence-electron chi connectivity index (χ3n) is 16.3. The van der Waals surface area contributed by atoms with Gasteiger partial charge in [-0.25, -0.2) is 4.79 Å². The SMILES string of the molecule is CC(N)C(=O)N[C@H](C(=O)N1CCC[C@H]1C(=O)N[C@H](C(=O)N[C@@H](C)C(=O)N[C@@H](CCCCNC(=O)c1ccc2c(c1)C(=O)OC21c2ccc(O)cc2Oc2cc(O)ccc21)C(=O)C[C@@H](CCCCN)C(N)=O)C(c1ccccc1)c1ccccc1)C(C)C. The van der Waals surface area contributed by atoms with Crippen LogP contribution in [0.3, 0.4) is 0 Å². The molecule has 22 nitrogen and oxygen atoms in total. The smallest absolute Gasteiger partial charge is 0.340 e. The van der Waals surface area contributed by atoms with Gasteiger partial charge < -0.3 is 68.4 Å². The number of phenols is 2. The first-order valence-electron chi connectivity index (χ1n) is 29.5. The maximum atomic E-state index is 15.0. The zero-order valence-electron chi connectivity index (χ0n) is 49.2. The predicted molar refractivity (Wildman–Crippen MR) is 321 cm³/mol. The first-order valence-corrected chi connectivity index (χ1v) is 29.5. The maximum Gasteiger partial charge on any atom is 0.340 e. The van der Waals surface area contributed by atoms with Crippen LogP contribution in [0.4, 0.5) is 0 Å². The van der Waals surface area contributed by atoms with E-state index in [0.29, 0.717) is 60.0 Å². The van der Waals surface area contributed by atoms with Gasteiger partial charge in [0.2, 0.25) is 35.4 Å². The molecule has 5 aromatic carbocycles. The van der Waals surface area contributed by atoms with E-state index in [4.69, 9.17) is 26.7 Å². The van der Waals surface area contributed by atoms with Gasteiger partial charge in [0.25, 0.3) is 5.91 Å². The summed E-state index contributed by atoms with van der Waals surface area (Å²) in [6.07, 6.45) is 2.49. The standard InChI is InChI=1S/C65H77N9O13/c1-36(2)55(72-58(79)37(3)67)63(84)74-31-15-22-50(74)61(82)73-56(54(39-16-7-5-8-17-39)40-18-9-6-10-19-40)62(83)70-38(4)59(80)71-49(51(77)33-41(57(68)78)20-11-13-29-66)21-12-14-30-69-60(81)42-23-26-46-45(32-42)64(85)87-65(46)47-27-24-43(75)34-52(47)86-53-35-44(76)25-28-48(53)65/h5-10,16-19,23-28,32,34-38,41,49-50,54-56,75-76H,11-15,20-22,29-31,33,66-67H2,1-4H3,(H2,68,78)(H,69,81)(H,70,83)(H,71,80)(H,72,79)(H,73,82)/t37?,38-,41+,49-,50-,55-,56-/m0/s1. The van der Waals surface area contributed by atoms with Crippen LogP contribution >= 0.6 is 0 Å². The number of nitrogens with one attached hydrogen (secondary N) is 5. The van der Waals surface area contributed by atoms with Gasteiger partial charge >= 0.3 is 5.97 Å². The Balaban J connectivity index is 0.974. The molecule has 3 aliphatic rings. The molecule has 1 spiro atoms. The minimum absolute atomic E-state index is 0.0519. The number of Topliss-reactive ketones (excluding diaryl/α,β-unsaturated/α-hetero) is 1. The summed E-state index contributed by atoms with van der Waals surface area (Å²) in [6, 6.07) is 24.6. The average Bonchev–Trinajstić information content (AvgIpc) is 1.63. The summed E-state index contributed by atoms with van der Waals surface area (Å²) in [5, 5.41) is 34.7. The van der Waals surface area contributed by atoms with Gasteiger partial charge in [0.1, 0.15) is 47.2 Å². The van der Waals surface area contributed by atoms with Crippen molar-refractivity contribution in [2.75, 3.05) is 19.6 Å². The molecule has 3 heterocycles. The second-order valence-corrected chi connectivity index (χ2v) is 22.9. The first kappa shape index (κ1) is 63.9. The summed E-state index contributed by atoms with van der Waals surface area (Å²) < 4.78 is 12.2. The van der Waals surface area contributed by atoms with Gasteiger partial charge in [-0.15, -0.1) is 0 Å². The molecule has 0 saturated carbocycles. The Hall–Kier alpha value is -9.15. The fraction of sp³-hybridized carbons (Fsp3) is 0.400. The molecule has 1 fully saturated rings. The molecule has 0 aromatic heterocycles. The molecule has 8 rings (SSSR count). The van der Waals surface area contributed by atoms with Crippen molar-refractivity contribution in [3.8, 4) is 23.0 Å². The molecule has 87 heavy (non-hydrogen) atoms. The zero-order valence-corrected chi connectivity index (χ0v) is 49.2. The third kappa shape index (κ3) is 14.6. The number of esters is 1. The van der Waals surface area contributed by atoms with E-state index >= 15 is 0 Å². The maximum absolute atomic E-state index is 15.0. The molecule has 0 bridgehead atoms. The average molecular weight is 1190 g/mol. The quantitative estimate of drug-likeness (QED) is 0.0255. The van der Waals surface area contributed by atoms with Crippen molar-refractivity contribution >= 4 is 53.1 Å². The van der Waals surface area contributed by atoms with Crippen molar-refractivity contribution in [3.63, 3.8) is 0 Å². The van der Waals surface area contributed by atoms with Gasteiger partial charge in [0.05, 0.1) is 17.6 Å². The fourth-order valence-corrected chi connectivity index (χ4v) is 11.6. The molecule has 0 radical (unpaired) electrons. The van der Waals surface area contributed by atoms with E-state index in [2.05, 4.69) is 26.6 Å². The number of rotatable bonds is 27. The van der Waals surface area contributed by atoms with Crippen LogP contribution in [0.1, 0.15) is 140 Å². The lowest BCUT2D eigenvalue weighted by Crippen LogP contribution is -2.60. The van der Waals surface area contributed by atoms with Crippen LogP contribution in [0.25, 0.3) is 0 Å². The highest BCUT2D eigenvalue weighted by Gasteiger charge is 2.54. The van der Waals surface area contributed by atoms with Gasteiger partial charge in [-0.2, -0.15) is 0 Å². The lowest BCUT2D eigenvalue weighted by Gasteiger charge is -2.36. The number of phenolic OH excluding ortho intramolecular Hbond substituents is 2. The number of carbonyl (C=O) groups excluding carboxylic acids is 9. The highest BCUT2D eigenvalue weighted by Crippen LogP contribution is 2.57. The number of fused-ring (bicyclic) bond motifs is 6. The van der Waals surface area contributed by atoms with Crippen molar-refractivity contribution in [2.24, 2.45) is 29.0 Å². The molecule has 0 aliphatic carbocycles. The number of ether oxygens (including phenoxy) is 2. The van der Waals surface area contributed by atoms with Gasteiger partial charge in [-0.3, -0.25) is 38.4 Å². The Morgan fingerprint density at radius 2 is 1.30 bits per heavy atom. The minimum Gasteiger partial charge on any atom is -0.508 e. The largest absolute Gasteiger partial charge is 0.508 e. The van der Waals surface area contributed by atoms with Crippen molar-refractivity contribution in [1.82, 2.24) is 31.5 Å². The number of aromatic hydroxyl groups is 2. The zero-order chi connectivity index (χ0) is 62.7. The molecule has 5 aromatic rings. The number of ketones is 1. The van der Waals surface area contributed by atoms with Crippen molar-refractivity contribution in [2.45, 2.75) is 133 Å². The normalized spacial score (nSPS) is 16.6. The molecule has 13 N–H and O–H groups in total. The van der Waals surface area contributed by atoms with Crippen molar-refractivity contribution in [3.05, 3.63) is 154 Å². The predicted octanol–water partition coefficient (Wildman–Crippen LogP) is 4.54. The first-order chi connectivity index (χ1) is 41.6. The minimum atomic E-state index is -1.53. The summed E-state index contributed by atoms with van der Waals surface area (Å²) in [6.45, 7) is 7.16. The molecular formula is C65H77N9O13. The molecule has 22 heteroatoms. The number of amides is 7. The second-order valence-electron chi connectivity index (χ2n) is 22.9. The number of primary amides is 1. The van der Waals surface area contributed by atoms with E-state index in [1.54, 1.807) is 62.4 Å². The monoisotopic (exact) mass is 1190 g/mol. The van der Waals surface area contributed by atoms with E-state index in [1.807, 2.05) is 36.4 Å². The second kappa shape index (κ2) is 28.4. The number of nitrogens with zero attached hydrogens (tertiary/aromatic N) is 1. The molecule has 1 unspecified atom stereocenters. The van der Waals surface area contributed by atoms with E-state index < -0.39 is 107 Å². The van der Waals surface area contributed by atoms with Crippen LogP contribution in [-0.2, 0) is 43.9 Å². The van der Waals surface area contributed by atoms with Crippen LogP contribution < -0.4 is 48.5 Å². The number of nitrogens with two attached hydrogens (primary N) is 3. The summed E-state index contributed by atoms with van der Waals surface area (Å²) in [4.78, 5) is 127. The summed E-state index contributed by atoms with van der Waals surface area (Å²) in [7, 11) is 0. The van der Waals surface area contributed by atoms with E-state index in [9.17, 15) is 53.4 Å². The van der Waals surface area contributed by atoms with Crippen molar-refractivity contribution < 1.29 is 62.8 Å². The van der Waals surface area contributed by atoms with Crippen LogP contribution in [0, 0.1) is 11.8 Å². The summed E-state index contributed by atoms with van der Waals surface area (Å²) >= 11 is 0. The number of carbonyl (C=O) groups is 9. The number of hydrogen-bond donors (Lipinski definition) is 10. The number of likely N-dealkylation sites (tertiary alicyclic amines) is 1. The van der Waals surface area contributed by atoms with Gasteiger partial charge in [-0.05, 0) is 119 Å². The molecule has 460 valence electrons. The Labute approximate surface area is 504 Å². The van der Waals surface area contributed by atoms with Crippen LogP contribution in [0.2, 0.25) is 0 Å². The fourth-order valence-electron chi connectivity index (χ4n) is 11.6. The molecule has 7 atom stereocenters. The van der Waals surface area contributed by atoms with Crippen LogP contribution in [0.15, 0.2) is 115 Å². The van der Waals surface area contributed by atoms with Gasteiger partial charge in [0, 0.05) is 65.7 Å². The molecule has 7 amide bonds. The van der Waals surface area contributed by atoms with Gasteiger partial charge in [-0.1, -0.05) is 87.0 Å². The van der Waals surface area contributed by atoms with E-state index in [-0.39, 0.29) is 85.2 Å². The lowest BCUT2D eigenvalue weighted by molar-refractivity contribution is -0.143. The third-order valence-corrected chi connectivity index (χ3v) is 16.3. The Kier molecular flexibility index (Phi) is 20.8. The van der Waals surface area contributed by atoms with Crippen LogP contribution in [0.5, 0.6) is 23.0 Å². The van der Waals surface area contributed by atoms with Gasteiger partial charge in [0.15, 0.2) is 11.4 Å². The Morgan fingerprint density at radius 1 is 0.690 bits per heavy atom. The highest BCUT2D eigenvalue weighted by molar-refractivity contribution is 6.02.